The predicted molar refractivity (Wildman–Crippen MR) is 200 cm³/mol. The summed E-state index contributed by atoms with van der Waals surface area (Å²) in [4.78, 5) is 11.6. The van der Waals surface area contributed by atoms with Crippen molar-refractivity contribution in [3.8, 4) is 22.3 Å². The zero-order chi connectivity index (χ0) is 32.3. The molecule has 5 heteroatoms. The highest BCUT2D eigenvalue weighted by Gasteiger charge is 2.21. The molecule has 10 rings (SSSR count). The number of pyridine rings is 2. The summed E-state index contributed by atoms with van der Waals surface area (Å²) in [5, 5.41) is 5.34. The normalized spacial score (nSPS) is 11.7. The monoisotopic (exact) mass is 629 g/mol. The molecule has 230 valence electrons. The van der Waals surface area contributed by atoms with Gasteiger partial charge in [-0.1, -0.05) is 78.9 Å². The molecule has 0 aliphatic heterocycles. The third-order valence-electron chi connectivity index (χ3n) is 9.35. The highest BCUT2D eigenvalue weighted by atomic mass is 16.3. The minimum Gasteiger partial charge on any atom is -0.454 e. The molecule has 0 aliphatic carbocycles. The summed E-state index contributed by atoms with van der Waals surface area (Å²) in [7, 11) is 0. The molecule has 0 spiro atoms. The molecule has 10 aromatic rings. The minimum absolute atomic E-state index is 0.633. The first-order valence-electron chi connectivity index (χ1n) is 16.3. The van der Waals surface area contributed by atoms with Gasteiger partial charge in [-0.2, -0.15) is 0 Å². The van der Waals surface area contributed by atoms with Gasteiger partial charge in [0.15, 0.2) is 5.58 Å². The smallest absolute Gasteiger partial charge is 0.227 e. The van der Waals surface area contributed by atoms with E-state index in [9.17, 15) is 0 Å². The second-order valence-electron chi connectivity index (χ2n) is 12.2. The molecule has 4 aromatic heterocycles. The van der Waals surface area contributed by atoms with Crippen LogP contribution < -0.4 is 4.90 Å². The molecule has 0 fully saturated rings. The number of aromatic nitrogens is 2. The Morgan fingerprint density at radius 2 is 1.22 bits per heavy atom. The standard InChI is InChI=1S/C44H27N3O2/c1-2-10-28(11-3-1)31-24-29-12-4-5-15-34(29)38(26-31)47(33-20-21-39-37(27-33)36-17-8-23-46-44(36)49-39)32-14-6-13-30(25-32)35-16-7-18-40-42(35)43-41(48-40)19-9-22-45-43/h1-27H. The summed E-state index contributed by atoms with van der Waals surface area (Å²) in [6.45, 7) is 0. The molecule has 5 nitrogen and oxygen atoms in total. The fourth-order valence-electron chi connectivity index (χ4n) is 7.13. The number of rotatable bonds is 5. The van der Waals surface area contributed by atoms with Gasteiger partial charge in [0.1, 0.15) is 16.7 Å². The van der Waals surface area contributed by atoms with Gasteiger partial charge < -0.3 is 13.7 Å². The van der Waals surface area contributed by atoms with E-state index in [2.05, 4.69) is 131 Å². The number of nitrogens with zero attached hydrogens (tertiary/aromatic N) is 3. The molecular weight excluding hydrogens is 603 g/mol. The van der Waals surface area contributed by atoms with E-state index >= 15 is 0 Å². The summed E-state index contributed by atoms with van der Waals surface area (Å²) in [6, 6.07) is 53.0. The van der Waals surface area contributed by atoms with Crippen molar-refractivity contribution in [2.75, 3.05) is 4.90 Å². The first-order chi connectivity index (χ1) is 24.3. The number of furan rings is 2. The molecule has 0 radical (unpaired) electrons. The summed E-state index contributed by atoms with van der Waals surface area (Å²) in [6.07, 6.45) is 3.59. The number of anilines is 3. The molecular formula is C44H27N3O2. The average Bonchev–Trinajstić information content (AvgIpc) is 3.74. The molecule has 49 heavy (non-hydrogen) atoms. The van der Waals surface area contributed by atoms with Gasteiger partial charge in [0, 0.05) is 39.9 Å². The van der Waals surface area contributed by atoms with Gasteiger partial charge in [-0.3, -0.25) is 4.98 Å². The summed E-state index contributed by atoms with van der Waals surface area (Å²) in [5.74, 6) is 0. The highest BCUT2D eigenvalue weighted by molar-refractivity contribution is 6.11. The van der Waals surface area contributed by atoms with Crippen LogP contribution in [0, 0.1) is 0 Å². The van der Waals surface area contributed by atoms with Crippen LogP contribution in [0.25, 0.3) is 77.2 Å². The largest absolute Gasteiger partial charge is 0.454 e. The highest BCUT2D eigenvalue weighted by Crippen LogP contribution is 2.45. The predicted octanol–water partition coefficient (Wildman–Crippen LogP) is 12.2. The Kier molecular flexibility index (Phi) is 6.11. The van der Waals surface area contributed by atoms with Gasteiger partial charge in [0.25, 0.3) is 0 Å². The van der Waals surface area contributed by atoms with Crippen molar-refractivity contribution in [3.05, 3.63) is 164 Å². The third-order valence-corrected chi connectivity index (χ3v) is 9.35. The van der Waals surface area contributed by atoms with E-state index < -0.39 is 0 Å². The van der Waals surface area contributed by atoms with Gasteiger partial charge >= 0.3 is 0 Å². The number of benzene rings is 6. The zero-order valence-corrected chi connectivity index (χ0v) is 26.2. The lowest BCUT2D eigenvalue weighted by atomic mass is 9.97. The molecule has 0 atom stereocenters. The number of fused-ring (bicyclic) bond motifs is 7. The Hall–Kier alpha value is -6.72. The molecule has 0 N–H and O–H groups in total. The van der Waals surface area contributed by atoms with Crippen LogP contribution in [0.4, 0.5) is 17.1 Å². The Balaban J connectivity index is 1.25. The maximum Gasteiger partial charge on any atom is 0.227 e. The SMILES string of the molecule is c1ccc(-c2cc(N(c3cccc(-c4cccc5oc6cccnc6c45)c3)c3ccc4oc5ncccc5c4c3)c3ccccc3c2)cc1. The maximum absolute atomic E-state index is 6.22. The second-order valence-corrected chi connectivity index (χ2v) is 12.2. The summed E-state index contributed by atoms with van der Waals surface area (Å²) >= 11 is 0. The fraction of sp³-hybridized carbons (Fsp3) is 0. The van der Waals surface area contributed by atoms with Crippen molar-refractivity contribution in [1.29, 1.82) is 0 Å². The fourth-order valence-corrected chi connectivity index (χ4v) is 7.13. The van der Waals surface area contributed by atoms with Crippen molar-refractivity contribution in [3.63, 3.8) is 0 Å². The van der Waals surface area contributed by atoms with Gasteiger partial charge in [0.05, 0.1) is 11.1 Å². The lowest BCUT2D eigenvalue weighted by molar-refractivity contribution is 0.654. The molecule has 0 saturated carbocycles. The molecule has 0 saturated heterocycles. The van der Waals surface area contributed by atoms with Crippen molar-refractivity contribution in [1.82, 2.24) is 9.97 Å². The van der Waals surface area contributed by atoms with E-state index in [0.717, 1.165) is 83.1 Å². The lowest BCUT2D eigenvalue weighted by Crippen LogP contribution is -2.11. The van der Waals surface area contributed by atoms with Crippen LogP contribution in [-0.4, -0.2) is 9.97 Å². The molecule has 4 heterocycles. The van der Waals surface area contributed by atoms with Crippen LogP contribution in [0.15, 0.2) is 173 Å². The first kappa shape index (κ1) is 27.4. The zero-order valence-electron chi connectivity index (χ0n) is 26.2. The maximum atomic E-state index is 6.22. The average molecular weight is 630 g/mol. The van der Waals surface area contributed by atoms with E-state index in [1.807, 2.05) is 36.5 Å². The van der Waals surface area contributed by atoms with E-state index in [1.165, 1.54) is 5.39 Å². The van der Waals surface area contributed by atoms with E-state index in [1.54, 1.807) is 6.20 Å². The van der Waals surface area contributed by atoms with Gasteiger partial charge in [0.2, 0.25) is 5.71 Å². The quantitative estimate of drug-likeness (QED) is 0.190. The Bertz CT molecular complexity index is 2850. The van der Waals surface area contributed by atoms with Gasteiger partial charge in [-0.15, -0.1) is 0 Å². The van der Waals surface area contributed by atoms with Crippen molar-refractivity contribution in [2.45, 2.75) is 0 Å². The Morgan fingerprint density at radius 3 is 2.18 bits per heavy atom. The van der Waals surface area contributed by atoms with Crippen LogP contribution in [-0.2, 0) is 0 Å². The van der Waals surface area contributed by atoms with Crippen molar-refractivity contribution >= 4 is 72.0 Å². The van der Waals surface area contributed by atoms with Crippen LogP contribution in [0.2, 0.25) is 0 Å². The van der Waals surface area contributed by atoms with Crippen LogP contribution >= 0.6 is 0 Å². The molecule has 0 bridgehead atoms. The second kappa shape index (κ2) is 10.9. The Morgan fingerprint density at radius 1 is 0.449 bits per heavy atom. The molecule has 0 amide bonds. The number of hydrogen-bond acceptors (Lipinski definition) is 5. The molecule has 0 unspecified atom stereocenters. The number of hydrogen-bond donors (Lipinski definition) is 0. The van der Waals surface area contributed by atoms with Gasteiger partial charge in [-0.05, 0) is 100 Å². The van der Waals surface area contributed by atoms with Crippen molar-refractivity contribution < 1.29 is 8.83 Å². The summed E-state index contributed by atoms with van der Waals surface area (Å²) in [5.41, 5.74) is 11.5. The topological polar surface area (TPSA) is 55.3 Å². The van der Waals surface area contributed by atoms with Crippen LogP contribution in [0.5, 0.6) is 0 Å². The van der Waals surface area contributed by atoms with E-state index in [0.29, 0.717) is 5.71 Å². The minimum atomic E-state index is 0.633. The molecule has 0 aliphatic rings. The molecule has 6 aromatic carbocycles. The van der Waals surface area contributed by atoms with E-state index in [4.69, 9.17) is 13.8 Å². The third kappa shape index (κ3) is 4.48. The van der Waals surface area contributed by atoms with E-state index in [-0.39, 0.29) is 0 Å². The van der Waals surface area contributed by atoms with Gasteiger partial charge in [-0.25, -0.2) is 4.98 Å². The Labute approximate surface area is 281 Å². The van der Waals surface area contributed by atoms with Crippen molar-refractivity contribution in [2.24, 2.45) is 0 Å². The van der Waals surface area contributed by atoms with Crippen LogP contribution in [0.1, 0.15) is 0 Å². The summed E-state index contributed by atoms with van der Waals surface area (Å²) < 4.78 is 12.4. The lowest BCUT2D eigenvalue weighted by Gasteiger charge is -2.28. The van der Waals surface area contributed by atoms with Crippen LogP contribution in [0.3, 0.4) is 0 Å². The first-order valence-corrected chi connectivity index (χ1v) is 16.3.